The summed E-state index contributed by atoms with van der Waals surface area (Å²) in [4.78, 5) is 15.3. The zero-order chi connectivity index (χ0) is 11.4. The summed E-state index contributed by atoms with van der Waals surface area (Å²) in [6.07, 6.45) is 3.80. The molecule has 0 amide bonds. The quantitative estimate of drug-likeness (QED) is 0.721. The highest BCUT2D eigenvalue weighted by molar-refractivity contribution is 6.22. The molecule has 0 radical (unpaired) electrons. The Morgan fingerprint density at radius 1 is 1.38 bits per heavy atom. The van der Waals surface area contributed by atoms with Gasteiger partial charge in [0.05, 0.1) is 12.3 Å². The fourth-order valence-electron chi connectivity index (χ4n) is 1.39. The van der Waals surface area contributed by atoms with Crippen molar-refractivity contribution in [2.24, 2.45) is 4.99 Å². The lowest BCUT2D eigenvalue weighted by Gasteiger charge is -1.96. The summed E-state index contributed by atoms with van der Waals surface area (Å²) in [6, 6.07) is 9.54. The molecule has 0 aliphatic carbocycles. The topological polar surface area (TPSA) is 38.7 Å². The van der Waals surface area contributed by atoms with Crippen LogP contribution in [0.1, 0.15) is 12.5 Å². The largest absolute Gasteiger partial charge is 0.464 e. The molecule has 0 unspecified atom stereocenters. The third-order valence-electron chi connectivity index (χ3n) is 2.25. The normalized spacial score (nSPS) is 18.3. The van der Waals surface area contributed by atoms with Gasteiger partial charge in [-0.05, 0) is 18.6 Å². The minimum atomic E-state index is -0.361. The molecule has 3 heteroatoms. The van der Waals surface area contributed by atoms with Crippen LogP contribution in [0.2, 0.25) is 0 Å². The fraction of sp³-hybridized carbons (Fsp3) is 0.231. The van der Waals surface area contributed by atoms with Crippen LogP contribution in [0.3, 0.4) is 0 Å². The van der Waals surface area contributed by atoms with E-state index in [1.807, 2.05) is 42.5 Å². The molecule has 1 aromatic carbocycles. The number of hydrogen-bond acceptors (Lipinski definition) is 3. The second-order valence-corrected chi connectivity index (χ2v) is 3.45. The van der Waals surface area contributed by atoms with Crippen molar-refractivity contribution in [1.82, 2.24) is 0 Å². The molecule has 0 aromatic heterocycles. The van der Waals surface area contributed by atoms with E-state index >= 15 is 0 Å². The zero-order valence-electron chi connectivity index (χ0n) is 9.09. The van der Waals surface area contributed by atoms with Crippen LogP contribution in [0.5, 0.6) is 0 Å². The van der Waals surface area contributed by atoms with E-state index in [0.29, 0.717) is 6.61 Å². The molecule has 1 atom stereocenters. The highest BCUT2D eigenvalue weighted by atomic mass is 16.5. The molecule has 2 rings (SSSR count). The molecule has 0 saturated heterocycles. The first-order chi connectivity index (χ1) is 7.81. The fourth-order valence-corrected chi connectivity index (χ4v) is 1.39. The van der Waals surface area contributed by atoms with E-state index in [4.69, 9.17) is 4.74 Å². The Bertz CT molecular complexity index is 435. The Labute approximate surface area is 94.5 Å². The average Bonchev–Trinajstić information content (AvgIpc) is 3.08. The molecule has 0 fully saturated rings. The predicted molar refractivity (Wildman–Crippen MR) is 63.3 cm³/mol. The number of esters is 1. The lowest BCUT2D eigenvalue weighted by Crippen LogP contribution is -2.15. The molecule has 82 valence electrons. The monoisotopic (exact) mass is 215 g/mol. The number of benzene rings is 1. The molecule has 16 heavy (non-hydrogen) atoms. The Morgan fingerprint density at radius 3 is 2.81 bits per heavy atom. The van der Waals surface area contributed by atoms with Crippen molar-refractivity contribution in [3.05, 3.63) is 42.0 Å². The van der Waals surface area contributed by atoms with Gasteiger partial charge in [0, 0.05) is 0 Å². The Balaban J connectivity index is 1.87. The SMILES string of the molecule is CCOC(=O)[C@H]1N=C1/C=C/c1ccccc1. The summed E-state index contributed by atoms with van der Waals surface area (Å²) in [5.74, 6) is -0.254. The van der Waals surface area contributed by atoms with Gasteiger partial charge < -0.3 is 4.74 Å². The van der Waals surface area contributed by atoms with Gasteiger partial charge >= 0.3 is 5.97 Å². The number of aliphatic imine (C=N–C) groups is 1. The number of carbonyl (C=O) groups excluding carboxylic acids is 1. The molecule has 0 saturated carbocycles. The van der Waals surface area contributed by atoms with Gasteiger partial charge in [0.2, 0.25) is 0 Å². The summed E-state index contributed by atoms with van der Waals surface area (Å²) in [6.45, 7) is 2.19. The van der Waals surface area contributed by atoms with Gasteiger partial charge in [-0.3, -0.25) is 4.99 Å². The Hall–Kier alpha value is -1.90. The van der Waals surface area contributed by atoms with Gasteiger partial charge in [-0.25, -0.2) is 4.79 Å². The van der Waals surface area contributed by atoms with Crippen molar-refractivity contribution in [2.75, 3.05) is 6.61 Å². The van der Waals surface area contributed by atoms with E-state index in [9.17, 15) is 4.79 Å². The molecular weight excluding hydrogens is 202 g/mol. The number of nitrogens with zero attached hydrogens (tertiary/aromatic N) is 1. The number of rotatable bonds is 4. The minimum Gasteiger partial charge on any atom is -0.464 e. The van der Waals surface area contributed by atoms with Crippen molar-refractivity contribution in [3.63, 3.8) is 0 Å². The van der Waals surface area contributed by atoms with E-state index in [0.717, 1.165) is 11.3 Å². The van der Waals surface area contributed by atoms with E-state index in [1.165, 1.54) is 0 Å². The lowest BCUT2D eigenvalue weighted by atomic mass is 10.2. The second kappa shape index (κ2) is 4.75. The number of carbonyl (C=O) groups is 1. The maximum absolute atomic E-state index is 11.3. The van der Waals surface area contributed by atoms with Gasteiger partial charge in [0.1, 0.15) is 0 Å². The highest BCUT2D eigenvalue weighted by Crippen LogP contribution is 2.16. The number of ether oxygens (including phenoxy) is 1. The lowest BCUT2D eigenvalue weighted by molar-refractivity contribution is -0.141. The molecule has 1 aliphatic rings. The van der Waals surface area contributed by atoms with Gasteiger partial charge in [-0.1, -0.05) is 36.4 Å². The minimum absolute atomic E-state index is 0.254. The molecular formula is C13H13NO2. The molecule has 1 aromatic rings. The molecule has 0 N–H and O–H groups in total. The van der Waals surface area contributed by atoms with Crippen LogP contribution >= 0.6 is 0 Å². The first-order valence-corrected chi connectivity index (χ1v) is 5.28. The molecule has 1 heterocycles. The van der Waals surface area contributed by atoms with Crippen LogP contribution in [0.25, 0.3) is 6.08 Å². The smallest absolute Gasteiger partial charge is 0.337 e. The maximum Gasteiger partial charge on any atom is 0.337 e. The summed E-state index contributed by atoms with van der Waals surface area (Å²) in [5, 5.41) is 0. The summed E-state index contributed by atoms with van der Waals surface area (Å²) >= 11 is 0. The molecule has 3 nitrogen and oxygen atoms in total. The maximum atomic E-state index is 11.3. The predicted octanol–water partition coefficient (Wildman–Crippen LogP) is 2.09. The van der Waals surface area contributed by atoms with Crippen molar-refractivity contribution >= 4 is 17.8 Å². The highest BCUT2D eigenvalue weighted by Gasteiger charge is 2.34. The second-order valence-electron chi connectivity index (χ2n) is 3.45. The van der Waals surface area contributed by atoms with Crippen molar-refractivity contribution in [1.29, 1.82) is 0 Å². The van der Waals surface area contributed by atoms with Gasteiger partial charge in [-0.15, -0.1) is 0 Å². The Kier molecular flexibility index (Phi) is 3.15. The van der Waals surface area contributed by atoms with Crippen molar-refractivity contribution in [3.8, 4) is 0 Å². The van der Waals surface area contributed by atoms with Crippen LogP contribution in [-0.4, -0.2) is 24.3 Å². The molecule has 0 spiro atoms. The van der Waals surface area contributed by atoms with Crippen LogP contribution in [0, 0.1) is 0 Å². The third-order valence-corrected chi connectivity index (χ3v) is 2.25. The summed E-state index contributed by atoms with van der Waals surface area (Å²) in [5.41, 5.74) is 1.89. The zero-order valence-corrected chi connectivity index (χ0v) is 9.09. The number of hydrogen-bond donors (Lipinski definition) is 0. The third kappa shape index (κ3) is 2.57. The van der Waals surface area contributed by atoms with E-state index in [1.54, 1.807) is 6.92 Å². The van der Waals surface area contributed by atoms with E-state index in [2.05, 4.69) is 4.99 Å². The van der Waals surface area contributed by atoms with E-state index in [-0.39, 0.29) is 12.0 Å². The van der Waals surface area contributed by atoms with Crippen LogP contribution in [-0.2, 0) is 9.53 Å². The first-order valence-electron chi connectivity index (χ1n) is 5.28. The van der Waals surface area contributed by atoms with Crippen LogP contribution in [0.4, 0.5) is 0 Å². The van der Waals surface area contributed by atoms with Crippen molar-refractivity contribution < 1.29 is 9.53 Å². The molecule has 0 bridgehead atoms. The summed E-state index contributed by atoms with van der Waals surface area (Å²) in [7, 11) is 0. The van der Waals surface area contributed by atoms with Crippen LogP contribution < -0.4 is 0 Å². The first kappa shape index (κ1) is 10.6. The van der Waals surface area contributed by atoms with Crippen molar-refractivity contribution in [2.45, 2.75) is 13.0 Å². The average molecular weight is 215 g/mol. The summed E-state index contributed by atoms with van der Waals surface area (Å²) < 4.78 is 4.86. The molecule has 1 aliphatic heterocycles. The van der Waals surface area contributed by atoms with E-state index < -0.39 is 0 Å². The van der Waals surface area contributed by atoms with Gasteiger partial charge in [0.15, 0.2) is 6.04 Å². The van der Waals surface area contributed by atoms with Gasteiger partial charge in [-0.2, -0.15) is 0 Å². The van der Waals surface area contributed by atoms with Crippen LogP contribution in [0.15, 0.2) is 41.4 Å². The van der Waals surface area contributed by atoms with Gasteiger partial charge in [0.25, 0.3) is 0 Å². The Morgan fingerprint density at radius 2 is 2.12 bits per heavy atom. The standard InChI is InChI=1S/C13H13NO2/c1-2-16-13(15)12-11(14-12)9-8-10-6-4-3-5-7-10/h3-9,12H,2H2,1H3/b9-8+/t12-/m0/s1.